The number of thioether (sulfide) groups is 1. The lowest BCUT2D eigenvalue weighted by atomic mass is 10.0. The molecule has 1 aromatic rings. The summed E-state index contributed by atoms with van der Waals surface area (Å²) >= 11 is 1.85. The van der Waals surface area contributed by atoms with E-state index in [2.05, 4.69) is 56.4 Å². The van der Waals surface area contributed by atoms with Crippen molar-refractivity contribution in [3.63, 3.8) is 0 Å². The highest BCUT2D eigenvalue weighted by atomic mass is 32.2. The van der Waals surface area contributed by atoms with Crippen molar-refractivity contribution in [2.75, 3.05) is 5.75 Å². The Labute approximate surface area is 121 Å². The molecule has 0 amide bonds. The van der Waals surface area contributed by atoms with Crippen LogP contribution in [0.4, 0.5) is 0 Å². The number of amidine groups is 1. The van der Waals surface area contributed by atoms with E-state index in [1.807, 2.05) is 11.8 Å². The Hall–Kier alpha value is -0.960. The Kier molecular flexibility index (Phi) is 5.32. The van der Waals surface area contributed by atoms with Gasteiger partial charge in [0.25, 0.3) is 0 Å². The molecule has 0 saturated heterocycles. The van der Waals surface area contributed by atoms with Gasteiger partial charge in [-0.25, -0.2) is 0 Å². The number of hydrogen-bond acceptors (Lipinski definition) is 3. The maximum atomic E-state index is 4.79. The van der Waals surface area contributed by atoms with Crippen LogP contribution in [0.5, 0.6) is 0 Å². The minimum Gasteiger partial charge on any atom is -0.362 e. The lowest BCUT2D eigenvalue weighted by molar-refractivity contribution is 0.494. The summed E-state index contributed by atoms with van der Waals surface area (Å²) < 4.78 is 0. The lowest BCUT2D eigenvalue weighted by Crippen LogP contribution is -2.29. The Bertz CT molecular complexity index is 414. The maximum absolute atomic E-state index is 4.79. The summed E-state index contributed by atoms with van der Waals surface area (Å²) in [5.74, 6) is 1.84. The zero-order valence-electron chi connectivity index (χ0n) is 12.1. The first kappa shape index (κ1) is 14.4. The standard InChI is InChI=1S/C16H24N2S/c1-12(2)9-10-13(3)17-16-18-15(11-19-16)14-7-5-4-6-8-14/h4-8,12-13,15H,9-11H2,1-3H3,(H,17,18). The summed E-state index contributed by atoms with van der Waals surface area (Å²) in [7, 11) is 0. The summed E-state index contributed by atoms with van der Waals surface area (Å²) in [6.07, 6.45) is 2.49. The molecular formula is C16H24N2S. The number of aliphatic imine (C=N–C) groups is 1. The van der Waals surface area contributed by atoms with E-state index in [9.17, 15) is 0 Å². The third-order valence-corrected chi connectivity index (χ3v) is 4.36. The molecule has 2 atom stereocenters. The van der Waals surface area contributed by atoms with Crippen LogP contribution in [0.25, 0.3) is 0 Å². The topological polar surface area (TPSA) is 24.4 Å². The van der Waals surface area contributed by atoms with Crippen LogP contribution < -0.4 is 5.32 Å². The molecule has 0 fully saturated rings. The Morgan fingerprint density at radius 1 is 1.21 bits per heavy atom. The summed E-state index contributed by atoms with van der Waals surface area (Å²) in [4.78, 5) is 4.79. The number of hydrogen-bond donors (Lipinski definition) is 1. The zero-order chi connectivity index (χ0) is 13.7. The number of rotatable bonds is 5. The van der Waals surface area contributed by atoms with Gasteiger partial charge in [-0.1, -0.05) is 55.9 Å². The van der Waals surface area contributed by atoms with Gasteiger partial charge >= 0.3 is 0 Å². The molecule has 1 heterocycles. The molecule has 1 aliphatic heterocycles. The summed E-state index contributed by atoms with van der Waals surface area (Å²) in [6, 6.07) is 11.4. The van der Waals surface area contributed by atoms with Gasteiger partial charge in [0.1, 0.15) is 0 Å². The van der Waals surface area contributed by atoms with Gasteiger partial charge in [-0.05, 0) is 31.2 Å². The summed E-state index contributed by atoms with van der Waals surface area (Å²) in [5.41, 5.74) is 1.32. The highest BCUT2D eigenvalue weighted by Crippen LogP contribution is 2.29. The molecule has 0 radical (unpaired) electrons. The molecule has 19 heavy (non-hydrogen) atoms. The van der Waals surface area contributed by atoms with Crippen LogP contribution in [0.15, 0.2) is 35.3 Å². The number of benzene rings is 1. The molecule has 2 nitrogen and oxygen atoms in total. The average Bonchev–Trinajstić information content (AvgIpc) is 2.86. The lowest BCUT2D eigenvalue weighted by Gasteiger charge is -2.15. The zero-order valence-corrected chi connectivity index (χ0v) is 12.9. The van der Waals surface area contributed by atoms with Gasteiger partial charge in [-0.2, -0.15) is 0 Å². The van der Waals surface area contributed by atoms with Gasteiger partial charge in [-0.15, -0.1) is 0 Å². The Morgan fingerprint density at radius 3 is 2.63 bits per heavy atom. The number of nitrogens with one attached hydrogen (secondary N) is 1. The smallest absolute Gasteiger partial charge is 0.157 e. The van der Waals surface area contributed by atoms with E-state index < -0.39 is 0 Å². The molecule has 0 bridgehead atoms. The largest absolute Gasteiger partial charge is 0.362 e. The van der Waals surface area contributed by atoms with Crippen molar-refractivity contribution in [3.8, 4) is 0 Å². The Balaban J connectivity index is 1.86. The monoisotopic (exact) mass is 276 g/mol. The first-order chi connectivity index (χ1) is 9.15. The molecular weight excluding hydrogens is 252 g/mol. The maximum Gasteiger partial charge on any atom is 0.157 e. The summed E-state index contributed by atoms with van der Waals surface area (Å²) in [5, 5.41) is 4.66. The van der Waals surface area contributed by atoms with Crippen molar-refractivity contribution in [1.29, 1.82) is 0 Å². The van der Waals surface area contributed by atoms with Crippen LogP contribution in [-0.4, -0.2) is 17.0 Å². The third-order valence-electron chi connectivity index (χ3n) is 3.38. The fraction of sp³-hybridized carbons (Fsp3) is 0.562. The molecule has 1 N–H and O–H groups in total. The van der Waals surface area contributed by atoms with Gasteiger partial charge in [0, 0.05) is 11.8 Å². The van der Waals surface area contributed by atoms with Gasteiger partial charge in [0.05, 0.1) is 6.04 Å². The first-order valence-corrected chi connectivity index (χ1v) is 8.16. The van der Waals surface area contributed by atoms with E-state index >= 15 is 0 Å². The van der Waals surface area contributed by atoms with Crippen molar-refractivity contribution >= 4 is 16.9 Å². The SMILES string of the molecule is CC(C)CCC(C)NC1=NC(c2ccccc2)CS1. The Morgan fingerprint density at radius 2 is 1.95 bits per heavy atom. The van der Waals surface area contributed by atoms with Crippen LogP contribution in [0, 0.1) is 5.92 Å². The molecule has 0 saturated carbocycles. The van der Waals surface area contributed by atoms with E-state index in [0.29, 0.717) is 12.1 Å². The normalized spacial score (nSPS) is 20.4. The van der Waals surface area contributed by atoms with Crippen LogP contribution in [0.1, 0.15) is 45.2 Å². The minimum absolute atomic E-state index is 0.325. The van der Waals surface area contributed by atoms with Crippen molar-refractivity contribution < 1.29 is 0 Å². The molecule has 1 aromatic carbocycles. The molecule has 3 heteroatoms. The molecule has 2 unspecified atom stereocenters. The predicted octanol–water partition coefficient (Wildman–Crippen LogP) is 4.24. The van der Waals surface area contributed by atoms with Gasteiger partial charge in [0.15, 0.2) is 5.17 Å². The second-order valence-corrected chi connectivity index (χ2v) is 6.70. The van der Waals surface area contributed by atoms with Crippen LogP contribution in [-0.2, 0) is 0 Å². The van der Waals surface area contributed by atoms with Crippen molar-refractivity contribution in [2.45, 2.75) is 45.7 Å². The van der Waals surface area contributed by atoms with Gasteiger partial charge < -0.3 is 5.32 Å². The molecule has 0 spiro atoms. The molecule has 104 valence electrons. The molecule has 0 aliphatic carbocycles. The van der Waals surface area contributed by atoms with E-state index in [0.717, 1.165) is 16.8 Å². The van der Waals surface area contributed by atoms with Crippen LogP contribution in [0.3, 0.4) is 0 Å². The second-order valence-electron chi connectivity index (χ2n) is 5.69. The van der Waals surface area contributed by atoms with Crippen LogP contribution >= 0.6 is 11.8 Å². The highest BCUT2D eigenvalue weighted by molar-refractivity contribution is 8.14. The van der Waals surface area contributed by atoms with Crippen molar-refractivity contribution in [2.24, 2.45) is 10.9 Å². The highest BCUT2D eigenvalue weighted by Gasteiger charge is 2.20. The quantitative estimate of drug-likeness (QED) is 0.869. The van der Waals surface area contributed by atoms with Gasteiger partial charge in [-0.3, -0.25) is 4.99 Å². The van der Waals surface area contributed by atoms with E-state index in [4.69, 9.17) is 4.99 Å². The van der Waals surface area contributed by atoms with E-state index in [1.165, 1.54) is 18.4 Å². The average molecular weight is 276 g/mol. The van der Waals surface area contributed by atoms with Crippen molar-refractivity contribution in [1.82, 2.24) is 5.32 Å². The predicted molar refractivity (Wildman–Crippen MR) is 85.7 cm³/mol. The van der Waals surface area contributed by atoms with Crippen LogP contribution in [0.2, 0.25) is 0 Å². The third kappa shape index (κ3) is 4.57. The fourth-order valence-corrected chi connectivity index (χ4v) is 3.23. The minimum atomic E-state index is 0.325. The second kappa shape index (κ2) is 6.99. The van der Waals surface area contributed by atoms with E-state index in [1.54, 1.807) is 0 Å². The van der Waals surface area contributed by atoms with E-state index in [-0.39, 0.29) is 0 Å². The number of nitrogens with zero attached hydrogens (tertiary/aromatic N) is 1. The summed E-state index contributed by atoms with van der Waals surface area (Å²) in [6.45, 7) is 6.81. The molecule has 2 rings (SSSR count). The van der Waals surface area contributed by atoms with Gasteiger partial charge in [0.2, 0.25) is 0 Å². The fourth-order valence-electron chi connectivity index (χ4n) is 2.17. The first-order valence-electron chi connectivity index (χ1n) is 7.17. The van der Waals surface area contributed by atoms with Crippen molar-refractivity contribution in [3.05, 3.63) is 35.9 Å². The molecule has 1 aliphatic rings. The molecule has 0 aromatic heterocycles.